The normalized spacial score (nSPS) is 12.7. The Bertz CT molecular complexity index is 1560. The summed E-state index contributed by atoms with van der Waals surface area (Å²) in [5, 5.41) is 0. The molecule has 0 aromatic rings. The second kappa shape index (κ2) is 67.8. The second-order valence-corrected chi connectivity index (χ2v) is 22.7. The van der Waals surface area contributed by atoms with E-state index in [-0.39, 0.29) is 31.1 Å². The Hall–Kier alpha value is -3.67. The summed E-state index contributed by atoms with van der Waals surface area (Å²) in [6, 6.07) is 0. The zero-order valence-corrected chi connectivity index (χ0v) is 52.8. The molecule has 0 aliphatic heterocycles. The first-order valence-corrected chi connectivity index (χ1v) is 34.2. The molecule has 6 heteroatoms. The first kappa shape index (κ1) is 76.3. The lowest BCUT2D eigenvalue weighted by molar-refractivity contribution is -0.167. The highest BCUT2D eigenvalue weighted by Crippen LogP contribution is 2.17. The zero-order chi connectivity index (χ0) is 57.8. The topological polar surface area (TPSA) is 78.9 Å². The first-order chi connectivity index (χ1) is 39.5. The first-order valence-electron chi connectivity index (χ1n) is 34.2. The molecule has 80 heavy (non-hydrogen) atoms. The van der Waals surface area contributed by atoms with Crippen molar-refractivity contribution >= 4 is 17.9 Å². The highest BCUT2D eigenvalue weighted by molar-refractivity contribution is 5.71. The number of allylic oxidation sites excluding steroid dienone is 16. The molecule has 0 fully saturated rings. The number of ether oxygens (including phenoxy) is 3. The number of esters is 3. The van der Waals surface area contributed by atoms with Gasteiger partial charge in [-0.3, -0.25) is 14.4 Å². The lowest BCUT2D eigenvalue weighted by Gasteiger charge is -2.18. The standard InChI is InChI=1S/C74H128O6/c1-4-7-10-13-16-19-22-25-28-30-32-34-35-36-37-38-39-41-42-44-46-49-52-55-58-61-64-67-73(76)79-70-71(69-78-72(75)66-63-60-57-54-51-48-27-24-21-18-15-12-9-6-3)80-74(77)68-65-62-59-56-53-50-47-45-43-40-33-31-29-26-23-20-17-14-11-8-5-2/h7-8,10-11,16-17,19-20,25-26,28-29,32-34,40,71H,4-6,9,12-15,18,21-24,27,30-31,35-39,41-70H2,1-3H3/b10-7-,11-8-,19-16-,20-17-,28-25-,29-26-,34-32-,40-33-. The highest BCUT2D eigenvalue weighted by Gasteiger charge is 2.19. The molecule has 0 aromatic heterocycles. The number of hydrogen-bond donors (Lipinski definition) is 0. The maximum Gasteiger partial charge on any atom is 0.306 e. The van der Waals surface area contributed by atoms with E-state index in [0.29, 0.717) is 19.3 Å². The van der Waals surface area contributed by atoms with Gasteiger partial charge in [0.05, 0.1) is 0 Å². The van der Waals surface area contributed by atoms with Crippen molar-refractivity contribution in [2.75, 3.05) is 13.2 Å². The molecule has 0 heterocycles. The van der Waals surface area contributed by atoms with E-state index in [4.69, 9.17) is 14.2 Å². The lowest BCUT2D eigenvalue weighted by Crippen LogP contribution is -2.30. The largest absolute Gasteiger partial charge is 0.462 e. The second-order valence-electron chi connectivity index (χ2n) is 22.7. The molecule has 0 amide bonds. The van der Waals surface area contributed by atoms with Crippen molar-refractivity contribution in [3.8, 4) is 0 Å². The molecule has 6 nitrogen and oxygen atoms in total. The summed E-state index contributed by atoms with van der Waals surface area (Å²) in [6.07, 6.45) is 91.4. The molecule has 1 atom stereocenters. The van der Waals surface area contributed by atoms with Crippen LogP contribution in [-0.4, -0.2) is 37.2 Å². The number of carbonyl (C=O) groups is 3. The van der Waals surface area contributed by atoms with Crippen LogP contribution in [0.25, 0.3) is 0 Å². The summed E-state index contributed by atoms with van der Waals surface area (Å²) in [7, 11) is 0. The van der Waals surface area contributed by atoms with Crippen molar-refractivity contribution in [1.29, 1.82) is 0 Å². The molecule has 0 rings (SSSR count). The molecule has 0 aromatic carbocycles. The van der Waals surface area contributed by atoms with E-state index in [1.165, 1.54) is 180 Å². The molecule has 0 radical (unpaired) electrons. The molecule has 0 saturated carbocycles. The summed E-state index contributed by atoms with van der Waals surface area (Å²) in [4.78, 5) is 38.4. The molecule has 0 bridgehead atoms. The highest BCUT2D eigenvalue weighted by atomic mass is 16.6. The molecule has 1 unspecified atom stereocenters. The minimum Gasteiger partial charge on any atom is -0.462 e. The fourth-order valence-electron chi connectivity index (χ4n) is 9.78. The van der Waals surface area contributed by atoms with Crippen molar-refractivity contribution in [1.82, 2.24) is 0 Å². The Kier molecular flexibility index (Phi) is 64.7. The third kappa shape index (κ3) is 65.1. The Morgan fingerprint density at radius 1 is 0.263 bits per heavy atom. The van der Waals surface area contributed by atoms with Gasteiger partial charge in [0.1, 0.15) is 13.2 Å². The van der Waals surface area contributed by atoms with Gasteiger partial charge in [-0.05, 0) is 96.3 Å². The van der Waals surface area contributed by atoms with Gasteiger partial charge in [0, 0.05) is 19.3 Å². The lowest BCUT2D eigenvalue weighted by atomic mass is 10.0. The molecular weight excluding hydrogens is 985 g/mol. The van der Waals surface area contributed by atoms with Gasteiger partial charge < -0.3 is 14.2 Å². The van der Waals surface area contributed by atoms with Crippen LogP contribution in [0, 0.1) is 0 Å². The third-order valence-electron chi connectivity index (χ3n) is 14.8. The van der Waals surface area contributed by atoms with Crippen LogP contribution in [0.5, 0.6) is 0 Å². The van der Waals surface area contributed by atoms with Crippen LogP contribution in [0.1, 0.15) is 335 Å². The Labute approximate surface area is 496 Å². The Balaban J connectivity index is 4.30. The quantitative estimate of drug-likeness (QED) is 0.0261. The molecule has 0 saturated heterocycles. The van der Waals surface area contributed by atoms with Gasteiger partial charge in [0.15, 0.2) is 6.10 Å². The molecule has 0 spiro atoms. The molecular formula is C74H128O6. The van der Waals surface area contributed by atoms with Crippen molar-refractivity contribution in [3.05, 3.63) is 97.2 Å². The third-order valence-corrected chi connectivity index (χ3v) is 14.8. The number of unbranched alkanes of at least 4 members (excludes halogenated alkanes) is 35. The minimum atomic E-state index is -0.782. The van der Waals surface area contributed by atoms with E-state index < -0.39 is 6.10 Å². The van der Waals surface area contributed by atoms with Gasteiger partial charge in [-0.15, -0.1) is 0 Å². The minimum absolute atomic E-state index is 0.0769. The molecule has 0 aliphatic carbocycles. The van der Waals surface area contributed by atoms with Crippen LogP contribution in [0.3, 0.4) is 0 Å². The van der Waals surface area contributed by atoms with E-state index in [1.807, 2.05) is 0 Å². The maximum absolute atomic E-state index is 12.9. The average molecular weight is 1110 g/mol. The number of hydrogen-bond acceptors (Lipinski definition) is 6. The van der Waals surface area contributed by atoms with E-state index in [1.54, 1.807) is 0 Å². The van der Waals surface area contributed by atoms with Crippen molar-refractivity contribution in [3.63, 3.8) is 0 Å². The van der Waals surface area contributed by atoms with Crippen molar-refractivity contribution < 1.29 is 28.6 Å². The summed E-state index contributed by atoms with van der Waals surface area (Å²) in [6.45, 7) is 6.45. The van der Waals surface area contributed by atoms with Crippen LogP contribution < -0.4 is 0 Å². The average Bonchev–Trinajstić information content (AvgIpc) is 3.46. The molecule has 0 aliphatic rings. The monoisotopic (exact) mass is 1110 g/mol. The van der Waals surface area contributed by atoms with E-state index >= 15 is 0 Å². The van der Waals surface area contributed by atoms with Gasteiger partial charge in [0.2, 0.25) is 0 Å². The fourth-order valence-corrected chi connectivity index (χ4v) is 9.78. The van der Waals surface area contributed by atoms with Crippen LogP contribution in [-0.2, 0) is 28.6 Å². The van der Waals surface area contributed by atoms with Crippen LogP contribution in [0.2, 0.25) is 0 Å². The predicted octanol–water partition coefficient (Wildman–Crippen LogP) is 23.6. The summed E-state index contributed by atoms with van der Waals surface area (Å²) in [5.41, 5.74) is 0. The number of carbonyl (C=O) groups excluding carboxylic acids is 3. The van der Waals surface area contributed by atoms with Crippen LogP contribution in [0.15, 0.2) is 97.2 Å². The van der Waals surface area contributed by atoms with Crippen LogP contribution in [0.4, 0.5) is 0 Å². The van der Waals surface area contributed by atoms with E-state index in [0.717, 1.165) is 116 Å². The fraction of sp³-hybridized carbons (Fsp3) is 0.743. The van der Waals surface area contributed by atoms with Gasteiger partial charge >= 0.3 is 17.9 Å². The van der Waals surface area contributed by atoms with E-state index in [2.05, 4.69) is 118 Å². The van der Waals surface area contributed by atoms with Gasteiger partial charge in [-0.2, -0.15) is 0 Å². The molecule has 460 valence electrons. The maximum atomic E-state index is 12.9. The van der Waals surface area contributed by atoms with Gasteiger partial charge in [-0.25, -0.2) is 0 Å². The zero-order valence-electron chi connectivity index (χ0n) is 52.8. The van der Waals surface area contributed by atoms with Gasteiger partial charge in [-0.1, -0.05) is 317 Å². The SMILES string of the molecule is CC/C=C\C/C=C\C/C=C\C/C=C\CCCCCCCCCCCCCCCCC(=O)OCC(COC(=O)CCCCCCCCCCCCCCCC)OC(=O)CCCCCCCCCC/C=C\C/C=C\C/C=C\C/C=C\CC. The number of rotatable bonds is 62. The molecule has 0 N–H and O–H groups in total. The Morgan fingerprint density at radius 3 is 0.762 bits per heavy atom. The van der Waals surface area contributed by atoms with Crippen LogP contribution >= 0.6 is 0 Å². The van der Waals surface area contributed by atoms with Crippen molar-refractivity contribution in [2.45, 2.75) is 341 Å². The van der Waals surface area contributed by atoms with E-state index in [9.17, 15) is 14.4 Å². The summed E-state index contributed by atoms with van der Waals surface area (Å²) in [5.74, 6) is -0.869. The Morgan fingerprint density at radius 2 is 0.487 bits per heavy atom. The smallest absolute Gasteiger partial charge is 0.306 e. The van der Waals surface area contributed by atoms with Gasteiger partial charge in [0.25, 0.3) is 0 Å². The summed E-state index contributed by atoms with van der Waals surface area (Å²) >= 11 is 0. The summed E-state index contributed by atoms with van der Waals surface area (Å²) < 4.78 is 17.0. The predicted molar refractivity (Wildman–Crippen MR) is 348 cm³/mol. The van der Waals surface area contributed by atoms with Crippen molar-refractivity contribution in [2.24, 2.45) is 0 Å².